The summed E-state index contributed by atoms with van der Waals surface area (Å²) in [5, 5.41) is 12.3. The Morgan fingerprint density at radius 3 is 2.70 bits per heavy atom. The van der Waals surface area contributed by atoms with E-state index < -0.39 is 0 Å². The zero-order valence-electron chi connectivity index (χ0n) is 12.1. The van der Waals surface area contributed by atoms with Crippen molar-refractivity contribution >= 4 is 12.1 Å². The molecule has 2 heterocycles. The summed E-state index contributed by atoms with van der Waals surface area (Å²) in [6, 6.07) is 1.93. The third-order valence-corrected chi connectivity index (χ3v) is 2.84. The molecule has 0 aliphatic carbocycles. The average molecular weight is 274 g/mol. The van der Waals surface area contributed by atoms with E-state index in [1.54, 1.807) is 15.6 Å². The maximum absolute atomic E-state index is 11.7. The van der Waals surface area contributed by atoms with Crippen LogP contribution in [-0.4, -0.2) is 31.7 Å². The van der Waals surface area contributed by atoms with Gasteiger partial charge in [0.25, 0.3) is 5.91 Å². The van der Waals surface area contributed by atoms with Crippen molar-refractivity contribution in [1.29, 1.82) is 0 Å². The minimum atomic E-state index is -0.214. The molecule has 106 valence electrons. The molecule has 0 bridgehead atoms. The van der Waals surface area contributed by atoms with E-state index in [1.165, 1.54) is 0 Å². The summed E-state index contributed by atoms with van der Waals surface area (Å²) in [6.45, 7) is 5.85. The quantitative estimate of drug-likeness (QED) is 0.658. The van der Waals surface area contributed by atoms with Crippen molar-refractivity contribution in [3.63, 3.8) is 0 Å². The Bertz CT molecular complexity index is 652. The average Bonchev–Trinajstić information content (AvgIpc) is 2.82. The lowest BCUT2D eigenvalue weighted by atomic mass is 10.3. The number of aryl methyl sites for hydroxylation is 4. The first-order valence-corrected chi connectivity index (χ1v) is 6.29. The molecule has 0 fully saturated rings. The number of hydrazone groups is 1. The van der Waals surface area contributed by atoms with Gasteiger partial charge in [-0.15, -0.1) is 0 Å². The van der Waals surface area contributed by atoms with Crippen LogP contribution < -0.4 is 5.43 Å². The van der Waals surface area contributed by atoms with Gasteiger partial charge in [0.1, 0.15) is 6.54 Å². The molecule has 0 saturated heterocycles. The molecule has 0 radical (unpaired) electrons. The summed E-state index contributed by atoms with van der Waals surface area (Å²) < 4.78 is 3.35. The van der Waals surface area contributed by atoms with Gasteiger partial charge in [0.05, 0.1) is 17.6 Å². The van der Waals surface area contributed by atoms with Gasteiger partial charge in [-0.1, -0.05) is 0 Å². The lowest BCUT2D eigenvalue weighted by Crippen LogP contribution is -2.24. The van der Waals surface area contributed by atoms with Crippen molar-refractivity contribution in [2.45, 2.75) is 27.3 Å². The second-order valence-electron chi connectivity index (χ2n) is 4.72. The lowest BCUT2D eigenvalue weighted by Gasteiger charge is -2.02. The molecule has 0 atom stereocenters. The van der Waals surface area contributed by atoms with Gasteiger partial charge in [-0.05, 0) is 26.8 Å². The molecule has 0 unspecified atom stereocenters. The topological polar surface area (TPSA) is 77.1 Å². The zero-order valence-corrected chi connectivity index (χ0v) is 12.1. The Labute approximate surface area is 117 Å². The maximum atomic E-state index is 11.7. The molecule has 7 nitrogen and oxygen atoms in total. The van der Waals surface area contributed by atoms with Gasteiger partial charge in [0.2, 0.25) is 0 Å². The first kappa shape index (κ1) is 14.0. The van der Waals surface area contributed by atoms with Crippen LogP contribution >= 0.6 is 0 Å². The normalized spacial score (nSPS) is 11.2. The molecule has 2 rings (SSSR count). The van der Waals surface area contributed by atoms with E-state index in [0.29, 0.717) is 0 Å². The highest BCUT2D eigenvalue weighted by Gasteiger charge is 2.06. The van der Waals surface area contributed by atoms with Crippen molar-refractivity contribution < 1.29 is 4.79 Å². The van der Waals surface area contributed by atoms with Crippen LogP contribution in [0.25, 0.3) is 0 Å². The Kier molecular flexibility index (Phi) is 3.97. The summed E-state index contributed by atoms with van der Waals surface area (Å²) in [5.41, 5.74) is 6.07. The Hall–Kier alpha value is -2.44. The van der Waals surface area contributed by atoms with E-state index >= 15 is 0 Å². The highest BCUT2D eigenvalue weighted by atomic mass is 16.2. The number of aromatic nitrogens is 4. The lowest BCUT2D eigenvalue weighted by molar-refractivity contribution is -0.121. The predicted molar refractivity (Wildman–Crippen MR) is 75.4 cm³/mol. The fraction of sp³-hybridized carbons (Fsp3) is 0.385. The fourth-order valence-electron chi connectivity index (χ4n) is 1.92. The molecular formula is C13H18N6O. The van der Waals surface area contributed by atoms with Gasteiger partial charge in [-0.2, -0.15) is 15.3 Å². The molecule has 1 amide bonds. The number of hydrogen-bond acceptors (Lipinski definition) is 4. The van der Waals surface area contributed by atoms with Crippen LogP contribution in [0.2, 0.25) is 0 Å². The van der Waals surface area contributed by atoms with E-state index in [-0.39, 0.29) is 12.5 Å². The van der Waals surface area contributed by atoms with Crippen LogP contribution in [0.3, 0.4) is 0 Å². The maximum Gasteiger partial charge on any atom is 0.261 e. The summed E-state index contributed by atoms with van der Waals surface area (Å²) in [7, 11) is 1.84. The van der Waals surface area contributed by atoms with Crippen molar-refractivity contribution in [2.24, 2.45) is 12.1 Å². The van der Waals surface area contributed by atoms with Crippen LogP contribution in [0.5, 0.6) is 0 Å². The van der Waals surface area contributed by atoms with E-state index in [9.17, 15) is 4.79 Å². The van der Waals surface area contributed by atoms with Crippen molar-refractivity contribution in [1.82, 2.24) is 25.0 Å². The number of nitrogens with zero attached hydrogens (tertiary/aromatic N) is 5. The standard InChI is InChI=1S/C13H18N6O/c1-9-5-10(2)19(16-9)8-13(20)15-14-6-12-7-18(4)17-11(12)3/h5-7H,8H2,1-4H3,(H,15,20). The summed E-state index contributed by atoms with van der Waals surface area (Å²) in [5.74, 6) is -0.214. The van der Waals surface area contributed by atoms with Crippen molar-refractivity contribution in [3.05, 3.63) is 34.9 Å². The molecule has 0 saturated carbocycles. The number of nitrogens with one attached hydrogen (secondary N) is 1. The Balaban J connectivity index is 1.92. The molecule has 20 heavy (non-hydrogen) atoms. The summed E-state index contributed by atoms with van der Waals surface area (Å²) in [6.07, 6.45) is 3.42. The van der Waals surface area contributed by atoms with Gasteiger partial charge >= 0.3 is 0 Å². The Morgan fingerprint density at radius 2 is 2.15 bits per heavy atom. The molecular weight excluding hydrogens is 256 g/mol. The van der Waals surface area contributed by atoms with Crippen molar-refractivity contribution in [2.75, 3.05) is 0 Å². The monoisotopic (exact) mass is 274 g/mol. The first-order valence-electron chi connectivity index (χ1n) is 6.29. The molecule has 0 aromatic carbocycles. The molecule has 0 spiro atoms. The van der Waals surface area contributed by atoms with Crippen LogP contribution in [0.1, 0.15) is 22.6 Å². The van der Waals surface area contributed by atoms with Gasteiger partial charge in [0, 0.05) is 24.5 Å². The summed E-state index contributed by atoms with van der Waals surface area (Å²) in [4.78, 5) is 11.7. The number of hydrogen-bond donors (Lipinski definition) is 1. The minimum Gasteiger partial charge on any atom is -0.275 e. The molecule has 7 heteroatoms. The highest BCUT2D eigenvalue weighted by molar-refractivity contribution is 5.83. The number of carbonyl (C=O) groups is 1. The van der Waals surface area contributed by atoms with Crippen LogP contribution in [-0.2, 0) is 18.4 Å². The third-order valence-electron chi connectivity index (χ3n) is 2.84. The highest BCUT2D eigenvalue weighted by Crippen LogP contribution is 2.01. The molecule has 0 aliphatic heterocycles. The fourth-order valence-corrected chi connectivity index (χ4v) is 1.92. The predicted octanol–water partition coefficient (Wildman–Crippen LogP) is 0.692. The largest absolute Gasteiger partial charge is 0.275 e. The number of carbonyl (C=O) groups excluding carboxylic acids is 1. The summed E-state index contributed by atoms with van der Waals surface area (Å²) >= 11 is 0. The smallest absolute Gasteiger partial charge is 0.261 e. The molecule has 2 aromatic heterocycles. The van der Waals surface area contributed by atoms with Crippen LogP contribution in [0.15, 0.2) is 17.4 Å². The van der Waals surface area contributed by atoms with Gasteiger partial charge < -0.3 is 0 Å². The van der Waals surface area contributed by atoms with Gasteiger partial charge in [-0.3, -0.25) is 14.2 Å². The van der Waals surface area contributed by atoms with E-state index in [0.717, 1.165) is 22.6 Å². The number of rotatable bonds is 4. The van der Waals surface area contributed by atoms with E-state index in [1.807, 2.05) is 40.1 Å². The van der Waals surface area contributed by atoms with Crippen LogP contribution in [0, 0.1) is 20.8 Å². The zero-order chi connectivity index (χ0) is 14.7. The molecule has 1 N–H and O–H groups in total. The molecule has 2 aromatic rings. The Morgan fingerprint density at radius 1 is 1.40 bits per heavy atom. The second-order valence-corrected chi connectivity index (χ2v) is 4.72. The van der Waals surface area contributed by atoms with Gasteiger partial charge in [-0.25, -0.2) is 5.43 Å². The first-order chi connectivity index (χ1) is 9.45. The van der Waals surface area contributed by atoms with Gasteiger partial charge in [0.15, 0.2) is 0 Å². The SMILES string of the molecule is Cc1cc(C)n(CC(=O)NN=Cc2cn(C)nc2C)n1. The number of amides is 1. The molecule has 0 aliphatic rings. The third kappa shape index (κ3) is 3.31. The van der Waals surface area contributed by atoms with Crippen molar-refractivity contribution in [3.8, 4) is 0 Å². The van der Waals surface area contributed by atoms with Crippen LogP contribution in [0.4, 0.5) is 0 Å². The van der Waals surface area contributed by atoms with E-state index in [2.05, 4.69) is 20.7 Å². The van der Waals surface area contributed by atoms with E-state index in [4.69, 9.17) is 0 Å². The minimum absolute atomic E-state index is 0.156. The second kappa shape index (κ2) is 5.68.